The first-order valence-electron chi connectivity index (χ1n) is 17.0. The topological polar surface area (TPSA) is 69.6 Å². The molecule has 0 spiro atoms. The van der Waals surface area contributed by atoms with Crippen LogP contribution in [0.15, 0.2) is 84.9 Å². The van der Waals surface area contributed by atoms with E-state index in [0.717, 1.165) is 47.3 Å². The second-order valence-electron chi connectivity index (χ2n) is 14.9. The van der Waals surface area contributed by atoms with Crippen molar-refractivity contribution in [3.63, 3.8) is 0 Å². The number of nitrogens with one attached hydrogen (secondary N) is 1. The van der Waals surface area contributed by atoms with Crippen LogP contribution in [0.1, 0.15) is 96.1 Å². The number of aromatic nitrogens is 1. The van der Waals surface area contributed by atoms with Crippen LogP contribution in [-0.4, -0.2) is 33.7 Å². The third-order valence-corrected chi connectivity index (χ3v) is 8.73. The molecule has 1 amide bonds. The highest BCUT2D eigenvalue weighted by Gasteiger charge is 2.37. The standard InChI is InChI=1S/C41H49FN2O4/c1-27(2)37-36(39(46)43-32-16-12-9-13-17-32)35(29-14-10-8-11-15-29)38(30-18-20-31(42)21-19-30)44(37)23-22-28-24-33(47-41(6,7)26-28)25-34(45)48-40(3,4)5/h8-21,27-28,33H,22-26H2,1-7H3,(H,43,46)/t28-,33-/m1/s1. The molecule has 0 aliphatic carbocycles. The number of amides is 1. The van der Waals surface area contributed by atoms with Gasteiger partial charge in [-0.15, -0.1) is 0 Å². The maximum atomic E-state index is 14.4. The Labute approximate surface area is 284 Å². The molecule has 1 aliphatic heterocycles. The number of nitrogens with zero attached hydrogens (tertiary/aromatic N) is 1. The first-order chi connectivity index (χ1) is 22.7. The summed E-state index contributed by atoms with van der Waals surface area (Å²) in [6.45, 7) is 14.7. The highest BCUT2D eigenvalue weighted by Crippen LogP contribution is 2.44. The number of anilines is 1. The molecule has 5 rings (SSSR count). The Hall–Kier alpha value is -4.23. The number of para-hydroxylation sites is 1. The lowest BCUT2D eigenvalue weighted by Crippen LogP contribution is -2.41. The molecule has 0 unspecified atom stereocenters. The van der Waals surface area contributed by atoms with E-state index < -0.39 is 11.2 Å². The molecule has 254 valence electrons. The largest absolute Gasteiger partial charge is 0.460 e. The van der Waals surface area contributed by atoms with Gasteiger partial charge in [-0.3, -0.25) is 9.59 Å². The van der Waals surface area contributed by atoms with E-state index in [2.05, 4.69) is 37.6 Å². The summed E-state index contributed by atoms with van der Waals surface area (Å²) in [6, 6.07) is 26.0. The average Bonchev–Trinajstić information content (AvgIpc) is 3.35. The molecule has 2 atom stereocenters. The Kier molecular flexibility index (Phi) is 10.6. The Morgan fingerprint density at radius 1 is 0.958 bits per heavy atom. The Morgan fingerprint density at radius 3 is 2.19 bits per heavy atom. The molecule has 0 radical (unpaired) electrons. The van der Waals surface area contributed by atoms with Crippen LogP contribution >= 0.6 is 0 Å². The van der Waals surface area contributed by atoms with Gasteiger partial charge in [0, 0.05) is 23.5 Å². The van der Waals surface area contributed by atoms with E-state index in [1.807, 2.05) is 81.4 Å². The molecule has 6 nitrogen and oxygen atoms in total. The van der Waals surface area contributed by atoms with Gasteiger partial charge in [-0.05, 0) is 113 Å². The number of hydrogen-bond donors (Lipinski definition) is 1. The molecule has 2 heterocycles. The molecular weight excluding hydrogens is 603 g/mol. The number of halogens is 1. The van der Waals surface area contributed by atoms with Crippen LogP contribution in [0.5, 0.6) is 0 Å². The van der Waals surface area contributed by atoms with E-state index in [1.54, 1.807) is 12.1 Å². The van der Waals surface area contributed by atoms with Crippen molar-refractivity contribution in [2.45, 2.75) is 104 Å². The van der Waals surface area contributed by atoms with Crippen molar-refractivity contribution >= 4 is 17.6 Å². The van der Waals surface area contributed by atoms with Gasteiger partial charge in [-0.1, -0.05) is 62.4 Å². The van der Waals surface area contributed by atoms with Crippen LogP contribution in [0.2, 0.25) is 0 Å². The normalized spacial score (nSPS) is 17.7. The molecule has 0 bridgehead atoms. The maximum Gasteiger partial charge on any atom is 0.308 e. The zero-order chi connectivity index (χ0) is 34.6. The predicted molar refractivity (Wildman–Crippen MR) is 191 cm³/mol. The summed E-state index contributed by atoms with van der Waals surface area (Å²) >= 11 is 0. The van der Waals surface area contributed by atoms with Gasteiger partial charge in [0.1, 0.15) is 11.4 Å². The molecule has 3 aromatic carbocycles. The number of benzene rings is 3. The third-order valence-electron chi connectivity index (χ3n) is 8.73. The van der Waals surface area contributed by atoms with E-state index >= 15 is 0 Å². The number of ether oxygens (including phenoxy) is 2. The summed E-state index contributed by atoms with van der Waals surface area (Å²) in [5.74, 6) is -0.479. The Morgan fingerprint density at radius 2 is 1.58 bits per heavy atom. The molecular formula is C41H49FN2O4. The van der Waals surface area contributed by atoms with Crippen LogP contribution in [0.4, 0.5) is 10.1 Å². The van der Waals surface area contributed by atoms with Gasteiger partial charge >= 0.3 is 5.97 Å². The van der Waals surface area contributed by atoms with E-state index in [4.69, 9.17) is 9.47 Å². The molecule has 1 aliphatic rings. The molecule has 1 fully saturated rings. The summed E-state index contributed by atoms with van der Waals surface area (Å²) in [7, 11) is 0. The maximum absolute atomic E-state index is 14.4. The summed E-state index contributed by atoms with van der Waals surface area (Å²) in [4.78, 5) is 27.1. The lowest BCUT2D eigenvalue weighted by atomic mass is 9.82. The number of carbonyl (C=O) groups is 2. The van der Waals surface area contributed by atoms with E-state index in [0.29, 0.717) is 17.8 Å². The summed E-state index contributed by atoms with van der Waals surface area (Å²) in [5, 5.41) is 3.15. The van der Waals surface area contributed by atoms with Crippen LogP contribution < -0.4 is 5.32 Å². The predicted octanol–water partition coefficient (Wildman–Crippen LogP) is 10.0. The van der Waals surface area contributed by atoms with Crippen LogP contribution in [0.25, 0.3) is 22.4 Å². The van der Waals surface area contributed by atoms with Gasteiger partial charge in [0.05, 0.1) is 29.4 Å². The Bertz CT molecular complexity index is 1700. The first-order valence-corrected chi connectivity index (χ1v) is 17.0. The highest BCUT2D eigenvalue weighted by atomic mass is 19.1. The Balaban J connectivity index is 1.59. The fourth-order valence-electron chi connectivity index (χ4n) is 7.13. The van der Waals surface area contributed by atoms with E-state index in [1.165, 1.54) is 12.1 Å². The van der Waals surface area contributed by atoms with Crippen molar-refractivity contribution in [2.24, 2.45) is 5.92 Å². The highest BCUT2D eigenvalue weighted by molar-refractivity contribution is 6.12. The van der Waals surface area contributed by atoms with E-state index in [-0.39, 0.29) is 42.1 Å². The van der Waals surface area contributed by atoms with Gasteiger partial charge in [-0.25, -0.2) is 4.39 Å². The fraction of sp³-hybridized carbons (Fsp3) is 0.415. The van der Waals surface area contributed by atoms with Gasteiger partial charge in [0.15, 0.2) is 0 Å². The van der Waals surface area contributed by atoms with Crippen molar-refractivity contribution in [3.05, 3.63) is 102 Å². The molecule has 1 N–H and O–H groups in total. The quantitative estimate of drug-likeness (QED) is 0.173. The summed E-state index contributed by atoms with van der Waals surface area (Å²) in [5.41, 5.74) is 4.78. The van der Waals surface area contributed by atoms with Gasteiger partial charge in [-0.2, -0.15) is 0 Å². The fourth-order valence-corrected chi connectivity index (χ4v) is 7.13. The smallest absolute Gasteiger partial charge is 0.308 e. The minimum absolute atomic E-state index is 0.00392. The average molecular weight is 653 g/mol. The second-order valence-corrected chi connectivity index (χ2v) is 14.9. The molecule has 1 saturated heterocycles. The summed E-state index contributed by atoms with van der Waals surface area (Å²) in [6.07, 6.45) is 2.36. The van der Waals surface area contributed by atoms with Crippen molar-refractivity contribution in [3.8, 4) is 22.4 Å². The molecule has 1 aromatic heterocycles. The molecule has 7 heteroatoms. The third kappa shape index (κ3) is 8.62. The zero-order valence-corrected chi connectivity index (χ0v) is 29.3. The van der Waals surface area contributed by atoms with E-state index in [9.17, 15) is 14.0 Å². The molecule has 48 heavy (non-hydrogen) atoms. The SMILES string of the molecule is CC(C)c1c(C(=O)Nc2ccccc2)c(-c2ccccc2)c(-c2ccc(F)cc2)n1CC[C@@H]1C[C@H](CC(=O)OC(C)(C)C)OC(C)(C)C1. The van der Waals surface area contributed by atoms with Crippen LogP contribution in [-0.2, 0) is 20.8 Å². The van der Waals surface area contributed by atoms with Crippen LogP contribution in [0.3, 0.4) is 0 Å². The van der Waals surface area contributed by atoms with Gasteiger partial charge in [0.25, 0.3) is 5.91 Å². The molecule has 4 aromatic rings. The van der Waals surface area contributed by atoms with Crippen molar-refractivity contribution < 1.29 is 23.5 Å². The van der Waals surface area contributed by atoms with Crippen molar-refractivity contribution in [1.82, 2.24) is 4.57 Å². The van der Waals surface area contributed by atoms with Crippen molar-refractivity contribution in [2.75, 3.05) is 5.32 Å². The number of esters is 1. The first kappa shape index (κ1) is 35.1. The number of rotatable bonds is 10. The van der Waals surface area contributed by atoms with Crippen molar-refractivity contribution in [1.29, 1.82) is 0 Å². The number of carbonyl (C=O) groups excluding carboxylic acids is 2. The monoisotopic (exact) mass is 652 g/mol. The summed E-state index contributed by atoms with van der Waals surface area (Å²) < 4.78 is 28.6. The molecule has 0 saturated carbocycles. The number of hydrogen-bond acceptors (Lipinski definition) is 4. The minimum atomic E-state index is -0.555. The second kappa shape index (κ2) is 14.5. The lowest BCUT2D eigenvalue weighted by molar-refractivity contribution is -0.168. The minimum Gasteiger partial charge on any atom is -0.460 e. The van der Waals surface area contributed by atoms with Crippen LogP contribution in [0, 0.1) is 11.7 Å². The van der Waals surface area contributed by atoms with Gasteiger partial charge < -0.3 is 19.4 Å². The lowest BCUT2D eigenvalue weighted by Gasteiger charge is -2.41. The van der Waals surface area contributed by atoms with Gasteiger partial charge in [0.2, 0.25) is 0 Å². The zero-order valence-electron chi connectivity index (χ0n) is 29.3.